The molecule has 0 aliphatic heterocycles. The van der Waals surface area contributed by atoms with E-state index in [2.05, 4.69) is 20.9 Å². The van der Waals surface area contributed by atoms with Crippen LogP contribution in [0.25, 0.3) is 12.2 Å². The number of benzene rings is 1. The van der Waals surface area contributed by atoms with E-state index in [1.165, 1.54) is 0 Å². The van der Waals surface area contributed by atoms with Crippen molar-refractivity contribution in [1.82, 2.24) is 4.98 Å². The Morgan fingerprint density at radius 3 is 2.56 bits per heavy atom. The third-order valence-corrected chi connectivity index (χ3v) is 3.21. The molecular weight excluding hydrogens is 286 g/mol. The summed E-state index contributed by atoms with van der Waals surface area (Å²) in [6, 6.07) is 9.80. The lowest BCUT2D eigenvalue weighted by atomic mass is 10.2. The van der Waals surface area contributed by atoms with Crippen molar-refractivity contribution in [3.63, 3.8) is 0 Å². The van der Waals surface area contributed by atoms with Crippen LogP contribution in [0.1, 0.15) is 11.1 Å². The zero-order valence-electron chi connectivity index (χ0n) is 8.40. The van der Waals surface area contributed by atoms with Crippen LogP contribution in [0.5, 0.6) is 0 Å². The van der Waals surface area contributed by atoms with E-state index in [1.807, 2.05) is 36.4 Å². The van der Waals surface area contributed by atoms with E-state index >= 15 is 0 Å². The molecule has 0 fully saturated rings. The summed E-state index contributed by atoms with van der Waals surface area (Å²) in [5.74, 6) is 0. The van der Waals surface area contributed by atoms with E-state index in [0.29, 0.717) is 5.02 Å². The second-order valence-electron chi connectivity index (χ2n) is 3.25. The quantitative estimate of drug-likeness (QED) is 0.784. The van der Waals surface area contributed by atoms with E-state index in [0.717, 1.165) is 15.6 Å². The van der Waals surface area contributed by atoms with Crippen molar-refractivity contribution in [3.8, 4) is 0 Å². The van der Waals surface area contributed by atoms with Crippen LogP contribution in [0.2, 0.25) is 5.02 Å². The average Bonchev–Trinajstić information content (AvgIpc) is 2.30. The Labute approximate surface area is 108 Å². The Kier molecular flexibility index (Phi) is 3.75. The molecule has 2 rings (SSSR count). The summed E-state index contributed by atoms with van der Waals surface area (Å²) in [7, 11) is 0. The fourth-order valence-corrected chi connectivity index (χ4v) is 1.89. The van der Waals surface area contributed by atoms with E-state index in [9.17, 15) is 0 Å². The standard InChI is InChI=1S/C13H9BrClN/c14-12-4-2-1-3-10(12)5-6-11-9-16-8-7-13(11)15/h1-9H/b6-5-. The molecule has 1 nitrogen and oxygen atoms in total. The predicted octanol–water partition coefficient (Wildman–Crippen LogP) is 4.67. The zero-order chi connectivity index (χ0) is 11.4. The van der Waals surface area contributed by atoms with Gasteiger partial charge in [0.2, 0.25) is 0 Å². The van der Waals surface area contributed by atoms with Crippen LogP contribution in [-0.2, 0) is 0 Å². The molecule has 0 radical (unpaired) electrons. The lowest BCUT2D eigenvalue weighted by Crippen LogP contribution is -1.78. The zero-order valence-corrected chi connectivity index (χ0v) is 10.7. The molecule has 1 aromatic carbocycles. The first kappa shape index (κ1) is 11.4. The second kappa shape index (κ2) is 5.28. The van der Waals surface area contributed by atoms with Gasteiger partial charge in [-0.3, -0.25) is 4.98 Å². The first-order chi connectivity index (χ1) is 7.77. The maximum atomic E-state index is 6.03. The second-order valence-corrected chi connectivity index (χ2v) is 4.51. The van der Waals surface area contributed by atoms with Gasteiger partial charge in [0.15, 0.2) is 0 Å². The maximum absolute atomic E-state index is 6.03. The third kappa shape index (κ3) is 2.71. The Balaban J connectivity index is 2.29. The minimum atomic E-state index is 0.707. The molecule has 16 heavy (non-hydrogen) atoms. The molecule has 0 bridgehead atoms. The SMILES string of the molecule is Clc1ccncc1/C=C\c1ccccc1Br. The summed E-state index contributed by atoms with van der Waals surface area (Å²) in [5.41, 5.74) is 2.03. The molecule has 0 aliphatic carbocycles. The molecule has 80 valence electrons. The van der Waals surface area contributed by atoms with E-state index in [-0.39, 0.29) is 0 Å². The number of rotatable bonds is 2. The molecule has 3 heteroatoms. The molecule has 1 heterocycles. The highest BCUT2D eigenvalue weighted by Gasteiger charge is 1.96. The Morgan fingerprint density at radius 2 is 1.81 bits per heavy atom. The molecule has 1 aromatic heterocycles. The molecule has 0 unspecified atom stereocenters. The Morgan fingerprint density at radius 1 is 1.06 bits per heavy atom. The number of aromatic nitrogens is 1. The van der Waals surface area contributed by atoms with Crippen LogP contribution < -0.4 is 0 Å². The fraction of sp³-hybridized carbons (Fsp3) is 0. The molecule has 0 N–H and O–H groups in total. The Hall–Kier alpha value is -1.12. The van der Waals surface area contributed by atoms with Crippen molar-refractivity contribution >= 4 is 39.7 Å². The summed E-state index contributed by atoms with van der Waals surface area (Å²) in [5, 5.41) is 0.707. The fourth-order valence-electron chi connectivity index (χ4n) is 1.30. The summed E-state index contributed by atoms with van der Waals surface area (Å²) < 4.78 is 1.06. The molecule has 0 atom stereocenters. The summed E-state index contributed by atoms with van der Waals surface area (Å²) in [6.07, 6.45) is 7.39. The topological polar surface area (TPSA) is 12.9 Å². The molecular formula is C13H9BrClN. The van der Waals surface area contributed by atoms with Crippen molar-refractivity contribution in [3.05, 3.63) is 63.3 Å². The van der Waals surface area contributed by atoms with Crippen molar-refractivity contribution in [2.24, 2.45) is 0 Å². The van der Waals surface area contributed by atoms with E-state index < -0.39 is 0 Å². The highest BCUT2D eigenvalue weighted by molar-refractivity contribution is 9.10. The number of halogens is 2. The molecule has 0 spiro atoms. The van der Waals surface area contributed by atoms with Gasteiger partial charge in [-0.15, -0.1) is 0 Å². The largest absolute Gasteiger partial charge is 0.264 e. The van der Waals surface area contributed by atoms with Gasteiger partial charge in [0.25, 0.3) is 0 Å². The first-order valence-electron chi connectivity index (χ1n) is 4.79. The van der Waals surface area contributed by atoms with Crippen LogP contribution in [0.4, 0.5) is 0 Å². The lowest BCUT2D eigenvalue weighted by molar-refractivity contribution is 1.32. The Bertz CT molecular complexity index is 475. The number of hydrogen-bond acceptors (Lipinski definition) is 1. The van der Waals surface area contributed by atoms with Crippen molar-refractivity contribution in [2.45, 2.75) is 0 Å². The van der Waals surface area contributed by atoms with Gasteiger partial charge < -0.3 is 0 Å². The summed E-state index contributed by atoms with van der Waals surface area (Å²) in [6.45, 7) is 0. The molecule has 0 saturated carbocycles. The van der Waals surface area contributed by atoms with Crippen molar-refractivity contribution in [1.29, 1.82) is 0 Å². The van der Waals surface area contributed by atoms with Gasteiger partial charge >= 0.3 is 0 Å². The van der Waals surface area contributed by atoms with E-state index in [1.54, 1.807) is 18.5 Å². The number of pyridine rings is 1. The highest BCUT2D eigenvalue weighted by Crippen LogP contribution is 2.20. The van der Waals surface area contributed by atoms with Gasteiger partial charge in [0.1, 0.15) is 0 Å². The minimum Gasteiger partial charge on any atom is -0.264 e. The molecule has 0 aliphatic rings. The van der Waals surface area contributed by atoms with Gasteiger partial charge in [-0.2, -0.15) is 0 Å². The molecule has 2 aromatic rings. The normalized spacial score (nSPS) is 10.9. The van der Waals surface area contributed by atoms with Gasteiger partial charge in [-0.25, -0.2) is 0 Å². The number of hydrogen-bond donors (Lipinski definition) is 0. The van der Waals surface area contributed by atoms with E-state index in [4.69, 9.17) is 11.6 Å². The minimum absolute atomic E-state index is 0.707. The smallest absolute Gasteiger partial charge is 0.0509 e. The third-order valence-electron chi connectivity index (χ3n) is 2.14. The van der Waals surface area contributed by atoms with Crippen molar-refractivity contribution in [2.75, 3.05) is 0 Å². The van der Waals surface area contributed by atoms with Crippen molar-refractivity contribution < 1.29 is 0 Å². The van der Waals surface area contributed by atoms with Gasteiger partial charge in [0.05, 0.1) is 5.02 Å². The monoisotopic (exact) mass is 293 g/mol. The highest BCUT2D eigenvalue weighted by atomic mass is 79.9. The van der Waals surface area contributed by atoms with Gasteiger partial charge in [-0.05, 0) is 17.7 Å². The summed E-state index contributed by atoms with van der Waals surface area (Å²) in [4.78, 5) is 4.03. The van der Waals surface area contributed by atoms with Gasteiger partial charge in [-0.1, -0.05) is 57.9 Å². The van der Waals surface area contributed by atoms with Crippen LogP contribution in [0.15, 0.2) is 47.2 Å². The van der Waals surface area contributed by atoms with Crippen LogP contribution in [0, 0.1) is 0 Å². The average molecular weight is 295 g/mol. The van der Waals surface area contributed by atoms with Crippen LogP contribution in [-0.4, -0.2) is 4.98 Å². The van der Waals surface area contributed by atoms with Crippen LogP contribution in [0.3, 0.4) is 0 Å². The molecule has 0 saturated heterocycles. The van der Waals surface area contributed by atoms with Gasteiger partial charge in [0, 0.05) is 22.4 Å². The van der Waals surface area contributed by atoms with Crippen LogP contribution >= 0.6 is 27.5 Å². The predicted molar refractivity (Wildman–Crippen MR) is 72.3 cm³/mol. The number of nitrogens with zero attached hydrogens (tertiary/aromatic N) is 1. The first-order valence-corrected chi connectivity index (χ1v) is 5.96. The maximum Gasteiger partial charge on any atom is 0.0509 e. The summed E-state index contributed by atoms with van der Waals surface area (Å²) >= 11 is 9.52. The molecule has 0 amide bonds. The lowest BCUT2D eigenvalue weighted by Gasteiger charge is -1.98.